The van der Waals surface area contributed by atoms with Crippen molar-refractivity contribution in [1.29, 1.82) is 0 Å². The van der Waals surface area contributed by atoms with Crippen LogP contribution >= 0.6 is 0 Å². The van der Waals surface area contributed by atoms with E-state index >= 15 is 0 Å². The van der Waals surface area contributed by atoms with Crippen molar-refractivity contribution < 1.29 is 4.79 Å². The first-order valence-electron chi connectivity index (χ1n) is 8.24. The summed E-state index contributed by atoms with van der Waals surface area (Å²) >= 11 is 0. The monoisotopic (exact) mass is 286 g/mol. The number of benzene rings is 1. The van der Waals surface area contributed by atoms with Gasteiger partial charge in [0.25, 0.3) is 5.91 Å². The highest BCUT2D eigenvalue weighted by Gasteiger charge is 2.33. The molecule has 0 spiro atoms. The van der Waals surface area contributed by atoms with Crippen molar-refractivity contribution in [2.75, 3.05) is 11.9 Å². The zero-order valence-electron chi connectivity index (χ0n) is 13.2. The van der Waals surface area contributed by atoms with Crippen LogP contribution in [0.2, 0.25) is 0 Å². The van der Waals surface area contributed by atoms with E-state index in [1.165, 1.54) is 24.8 Å². The summed E-state index contributed by atoms with van der Waals surface area (Å²) in [5.74, 6) is 0.0845. The Bertz CT molecular complexity index is 536. The molecule has 0 radical (unpaired) electrons. The maximum absolute atomic E-state index is 12.7. The molecule has 1 aromatic carbocycles. The molecular weight excluding hydrogens is 260 g/mol. The van der Waals surface area contributed by atoms with Crippen molar-refractivity contribution in [3.05, 3.63) is 29.3 Å². The standard InChI is InChI=1S/C18H26N2O/c1-18(2)11-4-3-10-15(18)20-17(21)14-9-5-7-13-8-6-12-19-16(13)14/h5,7,9,15,19H,3-4,6,8,10-12H2,1-2H3,(H,20,21). The van der Waals surface area contributed by atoms with Gasteiger partial charge in [-0.3, -0.25) is 4.79 Å². The third-order valence-electron chi connectivity index (χ3n) is 5.13. The maximum atomic E-state index is 12.7. The van der Waals surface area contributed by atoms with Crippen molar-refractivity contribution in [2.24, 2.45) is 5.41 Å². The Labute approximate surface area is 127 Å². The van der Waals surface area contributed by atoms with Crippen molar-refractivity contribution in [3.63, 3.8) is 0 Å². The number of hydrogen-bond acceptors (Lipinski definition) is 2. The summed E-state index contributed by atoms with van der Waals surface area (Å²) in [6.07, 6.45) is 7.01. The van der Waals surface area contributed by atoms with Crippen LogP contribution in [-0.2, 0) is 6.42 Å². The van der Waals surface area contributed by atoms with Gasteiger partial charge < -0.3 is 10.6 Å². The number of amides is 1. The van der Waals surface area contributed by atoms with Crippen molar-refractivity contribution in [3.8, 4) is 0 Å². The number of carbonyl (C=O) groups is 1. The minimum absolute atomic E-state index is 0.0845. The summed E-state index contributed by atoms with van der Waals surface area (Å²) in [4.78, 5) is 12.7. The van der Waals surface area contributed by atoms with Crippen LogP contribution in [0.1, 0.15) is 61.9 Å². The molecule has 1 saturated carbocycles. The highest BCUT2D eigenvalue weighted by molar-refractivity contribution is 6.00. The van der Waals surface area contributed by atoms with E-state index in [2.05, 4.69) is 30.5 Å². The predicted octanol–water partition coefficient (Wildman–Crippen LogP) is 3.74. The van der Waals surface area contributed by atoms with Crippen molar-refractivity contribution >= 4 is 11.6 Å². The van der Waals surface area contributed by atoms with E-state index in [1.54, 1.807) is 0 Å². The molecule has 3 nitrogen and oxygen atoms in total. The molecule has 0 saturated heterocycles. The van der Waals surface area contributed by atoms with E-state index in [0.717, 1.165) is 37.1 Å². The average molecular weight is 286 g/mol. The molecule has 1 atom stereocenters. The van der Waals surface area contributed by atoms with E-state index in [1.807, 2.05) is 12.1 Å². The fourth-order valence-electron chi connectivity index (χ4n) is 3.70. The van der Waals surface area contributed by atoms with Crippen LogP contribution in [-0.4, -0.2) is 18.5 Å². The molecule has 0 bridgehead atoms. The van der Waals surface area contributed by atoms with Gasteiger partial charge in [0.15, 0.2) is 0 Å². The number of aryl methyl sites for hydroxylation is 1. The normalized spacial score (nSPS) is 23.8. The van der Waals surface area contributed by atoms with Crippen LogP contribution < -0.4 is 10.6 Å². The fraction of sp³-hybridized carbons (Fsp3) is 0.611. The smallest absolute Gasteiger partial charge is 0.253 e. The van der Waals surface area contributed by atoms with Crippen LogP contribution in [0.15, 0.2) is 18.2 Å². The van der Waals surface area contributed by atoms with Crippen LogP contribution in [0.3, 0.4) is 0 Å². The Kier molecular flexibility index (Phi) is 3.92. The Morgan fingerprint density at radius 3 is 2.95 bits per heavy atom. The molecule has 1 fully saturated rings. The number of para-hydroxylation sites is 1. The van der Waals surface area contributed by atoms with Crippen LogP contribution in [0.5, 0.6) is 0 Å². The van der Waals surface area contributed by atoms with Gasteiger partial charge in [-0.2, -0.15) is 0 Å². The Morgan fingerprint density at radius 2 is 2.14 bits per heavy atom. The van der Waals surface area contributed by atoms with Crippen LogP contribution in [0.4, 0.5) is 5.69 Å². The minimum Gasteiger partial charge on any atom is -0.384 e. The molecule has 1 aliphatic carbocycles. The highest BCUT2D eigenvalue weighted by atomic mass is 16.1. The Balaban J connectivity index is 1.79. The lowest BCUT2D eigenvalue weighted by Crippen LogP contribution is -2.47. The average Bonchev–Trinajstić information content (AvgIpc) is 2.48. The molecule has 21 heavy (non-hydrogen) atoms. The van der Waals surface area contributed by atoms with E-state index in [0.29, 0.717) is 0 Å². The molecule has 1 amide bonds. The van der Waals surface area contributed by atoms with E-state index in [9.17, 15) is 4.79 Å². The van der Waals surface area contributed by atoms with Gasteiger partial charge in [0.1, 0.15) is 0 Å². The maximum Gasteiger partial charge on any atom is 0.253 e. The molecule has 1 aliphatic heterocycles. The predicted molar refractivity (Wildman–Crippen MR) is 86.8 cm³/mol. The number of nitrogens with one attached hydrogen (secondary N) is 2. The third-order valence-corrected chi connectivity index (χ3v) is 5.13. The van der Waals surface area contributed by atoms with E-state index in [-0.39, 0.29) is 17.4 Å². The molecule has 2 N–H and O–H groups in total. The molecule has 1 aromatic rings. The lowest BCUT2D eigenvalue weighted by atomic mass is 9.73. The highest BCUT2D eigenvalue weighted by Crippen LogP contribution is 2.36. The number of anilines is 1. The first-order valence-corrected chi connectivity index (χ1v) is 8.24. The molecule has 3 heteroatoms. The largest absolute Gasteiger partial charge is 0.384 e. The van der Waals surface area contributed by atoms with Crippen LogP contribution in [0, 0.1) is 5.41 Å². The summed E-state index contributed by atoms with van der Waals surface area (Å²) in [6, 6.07) is 6.37. The first kappa shape index (κ1) is 14.4. The second kappa shape index (κ2) is 5.70. The van der Waals surface area contributed by atoms with Crippen molar-refractivity contribution in [1.82, 2.24) is 5.32 Å². The Morgan fingerprint density at radius 1 is 1.29 bits per heavy atom. The van der Waals surface area contributed by atoms with Crippen molar-refractivity contribution in [2.45, 2.75) is 58.4 Å². The molecular formula is C18H26N2O. The summed E-state index contributed by atoms with van der Waals surface area (Å²) in [6.45, 7) is 5.51. The lowest BCUT2D eigenvalue weighted by molar-refractivity contribution is 0.0854. The minimum atomic E-state index is 0.0845. The zero-order chi connectivity index (χ0) is 14.9. The molecule has 114 valence electrons. The second-order valence-corrected chi connectivity index (χ2v) is 7.13. The third kappa shape index (κ3) is 2.92. The quantitative estimate of drug-likeness (QED) is 0.869. The SMILES string of the molecule is CC1(C)CCCCC1NC(=O)c1cccc2c1NCCC2. The van der Waals surface area contributed by atoms with Gasteiger partial charge in [0.05, 0.1) is 11.3 Å². The second-order valence-electron chi connectivity index (χ2n) is 7.13. The number of carbonyl (C=O) groups excluding carboxylic acids is 1. The summed E-state index contributed by atoms with van der Waals surface area (Å²) < 4.78 is 0. The molecule has 1 heterocycles. The zero-order valence-corrected chi connectivity index (χ0v) is 13.2. The fourth-order valence-corrected chi connectivity index (χ4v) is 3.70. The topological polar surface area (TPSA) is 41.1 Å². The molecule has 0 aromatic heterocycles. The summed E-state index contributed by atoms with van der Waals surface area (Å²) in [7, 11) is 0. The number of hydrogen-bond donors (Lipinski definition) is 2. The van der Waals surface area contributed by atoms with E-state index in [4.69, 9.17) is 0 Å². The van der Waals surface area contributed by atoms with E-state index < -0.39 is 0 Å². The molecule has 2 aliphatic rings. The first-order chi connectivity index (χ1) is 10.1. The summed E-state index contributed by atoms with van der Waals surface area (Å²) in [5, 5.41) is 6.71. The van der Waals surface area contributed by atoms with Gasteiger partial charge in [-0.05, 0) is 42.7 Å². The van der Waals surface area contributed by atoms with Gasteiger partial charge in [-0.15, -0.1) is 0 Å². The molecule has 1 unspecified atom stereocenters. The van der Waals surface area contributed by atoms with Gasteiger partial charge in [-0.1, -0.05) is 38.8 Å². The van der Waals surface area contributed by atoms with Gasteiger partial charge in [0.2, 0.25) is 0 Å². The summed E-state index contributed by atoms with van der Waals surface area (Å²) in [5.41, 5.74) is 3.34. The van der Waals surface area contributed by atoms with Crippen LogP contribution in [0.25, 0.3) is 0 Å². The number of fused-ring (bicyclic) bond motifs is 1. The van der Waals surface area contributed by atoms with Gasteiger partial charge in [0, 0.05) is 12.6 Å². The van der Waals surface area contributed by atoms with Gasteiger partial charge in [-0.25, -0.2) is 0 Å². The number of rotatable bonds is 2. The molecule has 3 rings (SSSR count). The van der Waals surface area contributed by atoms with Gasteiger partial charge >= 0.3 is 0 Å². The lowest BCUT2D eigenvalue weighted by Gasteiger charge is -2.39. The Hall–Kier alpha value is -1.51.